The van der Waals surface area contributed by atoms with E-state index in [1.165, 1.54) is 39.9 Å². The van der Waals surface area contributed by atoms with E-state index in [-0.39, 0.29) is 4.90 Å². The average molecular weight is 454 g/mol. The molecule has 4 aromatic rings. The summed E-state index contributed by atoms with van der Waals surface area (Å²) in [5.41, 5.74) is 1.39. The summed E-state index contributed by atoms with van der Waals surface area (Å²) in [4.78, 5) is 17.9. The Kier molecular flexibility index (Phi) is 5.79. The first-order valence-electron chi connectivity index (χ1n) is 10.0. The third-order valence-electron chi connectivity index (χ3n) is 5.33. The second-order valence-corrected chi connectivity index (χ2v) is 10.1. The fourth-order valence-corrected chi connectivity index (χ4v) is 6.15. The first-order chi connectivity index (χ1) is 14.9. The summed E-state index contributed by atoms with van der Waals surface area (Å²) in [5.74, 6) is -0.404. The predicted molar refractivity (Wildman–Crippen MR) is 125 cm³/mol. The number of aryl methyl sites for hydroxylation is 1. The first kappa shape index (κ1) is 21.4. The third-order valence-corrected chi connectivity index (χ3v) is 8.49. The van der Waals surface area contributed by atoms with Gasteiger partial charge in [0, 0.05) is 31.1 Å². The highest BCUT2D eigenvalue weighted by atomic mass is 32.2. The Balaban J connectivity index is 1.72. The smallest absolute Gasteiger partial charge is 0.279 e. The van der Waals surface area contributed by atoms with Gasteiger partial charge in [0.15, 0.2) is 4.80 Å². The molecule has 0 fully saturated rings. The molecule has 0 atom stereocenters. The lowest BCUT2D eigenvalue weighted by molar-refractivity contribution is 0.0998. The predicted octanol–water partition coefficient (Wildman–Crippen LogP) is 4.16. The van der Waals surface area contributed by atoms with E-state index >= 15 is 0 Å². The Morgan fingerprint density at radius 2 is 1.68 bits per heavy atom. The minimum Gasteiger partial charge on any atom is -0.319 e. The Morgan fingerprint density at radius 3 is 2.35 bits per heavy atom. The van der Waals surface area contributed by atoms with Crippen LogP contribution in [0.25, 0.3) is 21.0 Å². The number of carbonyl (C=O) groups excluding carboxylic acids is 1. The third kappa shape index (κ3) is 3.82. The SMILES string of the molecule is CCN(CC)S(=O)(=O)c1ccc(C(=O)N=c2sc3ccc4ccccc4c3n2C)cc1. The number of fused-ring (bicyclic) bond motifs is 3. The second kappa shape index (κ2) is 8.37. The molecule has 0 aliphatic heterocycles. The maximum absolute atomic E-state index is 12.8. The monoisotopic (exact) mass is 453 g/mol. The lowest BCUT2D eigenvalue weighted by Gasteiger charge is -2.18. The van der Waals surface area contributed by atoms with Crippen molar-refractivity contribution in [3.63, 3.8) is 0 Å². The van der Waals surface area contributed by atoms with E-state index in [2.05, 4.69) is 23.2 Å². The summed E-state index contributed by atoms with van der Waals surface area (Å²) >= 11 is 1.45. The van der Waals surface area contributed by atoms with Crippen molar-refractivity contribution in [1.29, 1.82) is 0 Å². The van der Waals surface area contributed by atoms with E-state index < -0.39 is 15.9 Å². The highest BCUT2D eigenvalue weighted by molar-refractivity contribution is 7.89. The fraction of sp³-hybridized carbons (Fsp3) is 0.217. The largest absolute Gasteiger partial charge is 0.319 e. The molecule has 1 aromatic heterocycles. The molecular weight excluding hydrogens is 430 g/mol. The first-order valence-corrected chi connectivity index (χ1v) is 12.3. The number of thiazole rings is 1. The van der Waals surface area contributed by atoms with Gasteiger partial charge < -0.3 is 4.57 Å². The van der Waals surface area contributed by atoms with Crippen LogP contribution in [-0.2, 0) is 17.1 Å². The van der Waals surface area contributed by atoms with Gasteiger partial charge in [-0.2, -0.15) is 9.30 Å². The molecule has 0 spiro atoms. The van der Waals surface area contributed by atoms with E-state index in [0.29, 0.717) is 23.5 Å². The highest BCUT2D eigenvalue weighted by Gasteiger charge is 2.21. The highest BCUT2D eigenvalue weighted by Crippen LogP contribution is 2.26. The minimum atomic E-state index is -3.56. The number of nitrogens with zero attached hydrogens (tertiary/aromatic N) is 3. The van der Waals surface area contributed by atoms with E-state index in [1.807, 2.05) is 29.8 Å². The number of carbonyl (C=O) groups is 1. The quantitative estimate of drug-likeness (QED) is 0.455. The van der Waals surface area contributed by atoms with Gasteiger partial charge in [0.25, 0.3) is 5.91 Å². The van der Waals surface area contributed by atoms with Gasteiger partial charge >= 0.3 is 0 Å². The summed E-state index contributed by atoms with van der Waals surface area (Å²) < 4.78 is 29.6. The molecule has 0 aliphatic carbocycles. The minimum absolute atomic E-state index is 0.173. The topological polar surface area (TPSA) is 71.7 Å². The molecule has 4 rings (SSSR count). The van der Waals surface area contributed by atoms with Gasteiger partial charge in [-0.05, 0) is 35.7 Å². The lowest BCUT2D eigenvalue weighted by Crippen LogP contribution is -2.30. The molecule has 0 saturated carbocycles. The molecule has 3 aromatic carbocycles. The summed E-state index contributed by atoms with van der Waals surface area (Å²) in [7, 11) is -1.66. The van der Waals surface area contributed by atoms with Crippen LogP contribution in [0.1, 0.15) is 24.2 Å². The van der Waals surface area contributed by atoms with Gasteiger partial charge in [-0.25, -0.2) is 8.42 Å². The van der Waals surface area contributed by atoms with Crippen LogP contribution in [0.4, 0.5) is 0 Å². The normalized spacial score (nSPS) is 12.8. The number of amides is 1. The molecule has 0 saturated heterocycles. The van der Waals surface area contributed by atoms with E-state index in [0.717, 1.165) is 21.0 Å². The number of benzene rings is 3. The summed E-state index contributed by atoms with van der Waals surface area (Å²) in [6.07, 6.45) is 0. The van der Waals surface area contributed by atoms with Crippen molar-refractivity contribution in [3.8, 4) is 0 Å². The van der Waals surface area contributed by atoms with Crippen LogP contribution in [0.15, 0.2) is 70.6 Å². The van der Waals surface area contributed by atoms with Crippen LogP contribution < -0.4 is 4.80 Å². The maximum Gasteiger partial charge on any atom is 0.279 e. The molecule has 6 nitrogen and oxygen atoms in total. The van der Waals surface area contributed by atoms with Crippen LogP contribution in [0, 0.1) is 0 Å². The van der Waals surface area contributed by atoms with Crippen molar-refractivity contribution < 1.29 is 13.2 Å². The van der Waals surface area contributed by atoms with E-state index in [9.17, 15) is 13.2 Å². The molecular formula is C23H23N3O3S2. The molecule has 0 unspecified atom stereocenters. The van der Waals surface area contributed by atoms with Crippen LogP contribution in [-0.4, -0.2) is 36.3 Å². The Morgan fingerprint density at radius 1 is 1.00 bits per heavy atom. The van der Waals surface area contributed by atoms with Gasteiger partial charge in [-0.1, -0.05) is 55.5 Å². The van der Waals surface area contributed by atoms with Crippen LogP contribution in [0.5, 0.6) is 0 Å². The lowest BCUT2D eigenvalue weighted by atomic mass is 10.1. The number of sulfonamides is 1. The average Bonchev–Trinajstić information content (AvgIpc) is 3.10. The van der Waals surface area contributed by atoms with Crippen LogP contribution >= 0.6 is 11.3 Å². The van der Waals surface area contributed by atoms with Gasteiger partial charge in [-0.3, -0.25) is 4.79 Å². The molecule has 31 heavy (non-hydrogen) atoms. The number of hydrogen-bond acceptors (Lipinski definition) is 4. The van der Waals surface area contributed by atoms with E-state index in [4.69, 9.17) is 0 Å². The molecule has 160 valence electrons. The van der Waals surface area contributed by atoms with Crippen molar-refractivity contribution in [3.05, 3.63) is 71.0 Å². The fourth-order valence-electron chi connectivity index (χ4n) is 3.66. The molecule has 0 aliphatic rings. The van der Waals surface area contributed by atoms with Crippen molar-refractivity contribution in [2.45, 2.75) is 18.7 Å². The Labute approximate surface area is 185 Å². The number of hydrogen-bond donors (Lipinski definition) is 0. The zero-order valence-electron chi connectivity index (χ0n) is 17.6. The molecule has 8 heteroatoms. The number of aromatic nitrogens is 1. The standard InChI is InChI=1S/C23H23N3O3S2/c1-4-26(5-2)31(28,29)18-13-10-17(11-14-18)22(27)24-23-25(3)21-19-9-7-6-8-16(19)12-15-20(21)30-23/h6-15H,4-5H2,1-3H3. The zero-order valence-corrected chi connectivity index (χ0v) is 19.2. The van der Waals surface area contributed by atoms with E-state index in [1.54, 1.807) is 13.8 Å². The Hall–Kier alpha value is -2.81. The van der Waals surface area contributed by atoms with Gasteiger partial charge in [0.2, 0.25) is 10.0 Å². The second-order valence-electron chi connectivity index (χ2n) is 7.11. The van der Waals surface area contributed by atoms with Crippen molar-refractivity contribution in [2.24, 2.45) is 12.0 Å². The van der Waals surface area contributed by atoms with Gasteiger partial charge in [-0.15, -0.1) is 0 Å². The zero-order chi connectivity index (χ0) is 22.2. The van der Waals surface area contributed by atoms with Crippen LogP contribution in [0.2, 0.25) is 0 Å². The molecule has 0 N–H and O–H groups in total. The molecule has 0 radical (unpaired) electrons. The van der Waals surface area contributed by atoms with Gasteiger partial charge in [0.05, 0.1) is 15.1 Å². The maximum atomic E-state index is 12.8. The summed E-state index contributed by atoms with van der Waals surface area (Å²) in [5, 5.41) is 2.24. The van der Waals surface area contributed by atoms with Crippen molar-refractivity contribution in [1.82, 2.24) is 8.87 Å². The van der Waals surface area contributed by atoms with Gasteiger partial charge in [0.1, 0.15) is 0 Å². The number of rotatable bonds is 5. The Bertz CT molecular complexity index is 1450. The van der Waals surface area contributed by atoms with Crippen molar-refractivity contribution >= 4 is 48.3 Å². The molecule has 1 amide bonds. The summed E-state index contributed by atoms with van der Waals surface area (Å²) in [6, 6.07) is 18.2. The van der Waals surface area contributed by atoms with Crippen molar-refractivity contribution in [2.75, 3.05) is 13.1 Å². The molecule has 0 bridgehead atoms. The summed E-state index contributed by atoms with van der Waals surface area (Å²) in [6.45, 7) is 4.38. The van der Waals surface area contributed by atoms with Crippen LogP contribution in [0.3, 0.4) is 0 Å². The molecule has 1 heterocycles.